The normalized spacial score (nSPS) is 12.0. The molecule has 0 N–H and O–H groups in total. The lowest BCUT2D eigenvalue weighted by Crippen LogP contribution is -2.14. The zero-order chi connectivity index (χ0) is 18.1. The Morgan fingerprint density at radius 2 is 1.75 bits per heavy atom. The van der Waals surface area contributed by atoms with Crippen molar-refractivity contribution < 1.29 is 30.7 Å². The predicted molar refractivity (Wildman–Crippen MR) is 77.1 cm³/mol. The van der Waals surface area contributed by atoms with Crippen LogP contribution in [0.1, 0.15) is 11.1 Å². The summed E-state index contributed by atoms with van der Waals surface area (Å²) in [5, 5.41) is 11.0. The summed E-state index contributed by atoms with van der Waals surface area (Å²) in [4.78, 5) is 9.39. The molecule has 0 fully saturated rings. The molecule has 2 rings (SSSR count). The molecule has 6 nitrogen and oxygen atoms in total. The summed E-state index contributed by atoms with van der Waals surface area (Å²) in [7, 11) is -4.69. The van der Waals surface area contributed by atoms with E-state index in [-0.39, 0.29) is 5.56 Å². The second-order valence-electron chi connectivity index (χ2n) is 4.74. The third kappa shape index (κ3) is 3.65. The summed E-state index contributed by atoms with van der Waals surface area (Å²) < 4.78 is 67.3. The minimum Gasteiger partial charge on any atom is -0.379 e. The zero-order valence-corrected chi connectivity index (χ0v) is 12.9. The first-order chi connectivity index (χ1) is 11.0. The van der Waals surface area contributed by atoms with E-state index in [9.17, 15) is 31.7 Å². The maximum atomic E-state index is 12.7. The molecule has 0 heterocycles. The van der Waals surface area contributed by atoms with Crippen molar-refractivity contribution in [2.75, 3.05) is 0 Å². The fraction of sp³-hybridized carbons (Fsp3) is 0.143. The van der Waals surface area contributed by atoms with Gasteiger partial charge >= 0.3 is 16.3 Å². The molecular formula is C14H10F3NO5S. The van der Waals surface area contributed by atoms with E-state index in [1.54, 1.807) is 0 Å². The van der Waals surface area contributed by atoms with E-state index in [0.717, 1.165) is 24.3 Å². The molecule has 0 bridgehead atoms. The number of nitro benzene ring substituents is 1. The molecule has 128 valence electrons. The number of nitro groups is 1. The van der Waals surface area contributed by atoms with Crippen molar-refractivity contribution in [2.45, 2.75) is 18.0 Å². The molecule has 0 aliphatic rings. The van der Waals surface area contributed by atoms with Gasteiger partial charge in [-0.15, -0.1) is 0 Å². The molecule has 0 saturated heterocycles. The monoisotopic (exact) mass is 361 g/mol. The Morgan fingerprint density at radius 3 is 2.33 bits per heavy atom. The summed E-state index contributed by atoms with van der Waals surface area (Å²) in [5.41, 5.74) is -1.78. The van der Waals surface area contributed by atoms with Crippen LogP contribution in [0, 0.1) is 17.0 Å². The van der Waals surface area contributed by atoms with E-state index in [2.05, 4.69) is 4.18 Å². The van der Waals surface area contributed by atoms with Gasteiger partial charge in [-0.25, -0.2) is 0 Å². The average Bonchev–Trinajstić information content (AvgIpc) is 2.45. The number of alkyl halides is 3. The number of aryl methyl sites for hydroxylation is 1. The van der Waals surface area contributed by atoms with E-state index in [4.69, 9.17) is 0 Å². The van der Waals surface area contributed by atoms with Gasteiger partial charge in [0.05, 0.1) is 10.5 Å². The Balaban J connectivity index is 2.50. The maximum absolute atomic E-state index is 12.7. The van der Waals surface area contributed by atoms with Crippen LogP contribution in [0.15, 0.2) is 47.4 Å². The van der Waals surface area contributed by atoms with Crippen molar-refractivity contribution in [3.63, 3.8) is 0 Å². The fourth-order valence-electron chi connectivity index (χ4n) is 2.00. The highest BCUT2D eigenvalue weighted by Gasteiger charge is 2.33. The molecule has 2 aromatic rings. The van der Waals surface area contributed by atoms with Crippen molar-refractivity contribution in [3.8, 4) is 5.75 Å². The van der Waals surface area contributed by atoms with Crippen molar-refractivity contribution in [1.82, 2.24) is 0 Å². The smallest absolute Gasteiger partial charge is 0.379 e. The summed E-state index contributed by atoms with van der Waals surface area (Å²) in [6, 6.07) is 6.80. The van der Waals surface area contributed by atoms with Crippen LogP contribution in [0.25, 0.3) is 0 Å². The standard InChI is InChI=1S/C14H10F3NO5S/c1-9-4-2-7-12(18(19)20)13(9)24(21,22)23-11-6-3-5-10(8-11)14(15,16)17/h2-8H,1H3. The van der Waals surface area contributed by atoms with Crippen LogP contribution in [0.3, 0.4) is 0 Å². The van der Waals surface area contributed by atoms with Crippen LogP contribution in [0.5, 0.6) is 5.75 Å². The van der Waals surface area contributed by atoms with Gasteiger partial charge in [0, 0.05) is 6.07 Å². The summed E-state index contributed by atoms with van der Waals surface area (Å²) in [6.45, 7) is 1.31. The molecule has 2 aromatic carbocycles. The lowest BCUT2D eigenvalue weighted by molar-refractivity contribution is -0.388. The summed E-state index contributed by atoms with van der Waals surface area (Å²) in [6.07, 6.45) is -4.68. The number of hydrogen-bond acceptors (Lipinski definition) is 5. The van der Waals surface area contributed by atoms with Gasteiger partial charge in [0.15, 0.2) is 4.90 Å². The molecule has 0 saturated carbocycles. The van der Waals surface area contributed by atoms with E-state index in [1.807, 2.05) is 0 Å². The van der Waals surface area contributed by atoms with E-state index >= 15 is 0 Å². The molecular weight excluding hydrogens is 351 g/mol. The second-order valence-corrected chi connectivity index (χ2v) is 6.23. The van der Waals surface area contributed by atoms with E-state index < -0.39 is 43.1 Å². The number of rotatable bonds is 4. The molecule has 0 aromatic heterocycles. The predicted octanol–water partition coefficient (Wildman–Crippen LogP) is 3.69. The van der Waals surface area contributed by atoms with Gasteiger partial charge < -0.3 is 4.18 Å². The van der Waals surface area contributed by atoms with Crippen molar-refractivity contribution in [1.29, 1.82) is 0 Å². The van der Waals surface area contributed by atoms with Gasteiger partial charge in [-0.3, -0.25) is 10.1 Å². The van der Waals surface area contributed by atoms with E-state index in [0.29, 0.717) is 6.07 Å². The minimum absolute atomic E-state index is 0.0381. The lowest BCUT2D eigenvalue weighted by atomic mass is 10.2. The molecule has 0 aliphatic heterocycles. The van der Waals surface area contributed by atoms with Crippen molar-refractivity contribution >= 4 is 15.8 Å². The van der Waals surface area contributed by atoms with Crippen LogP contribution in [0.4, 0.5) is 18.9 Å². The second kappa shape index (κ2) is 6.11. The number of hydrogen-bond donors (Lipinski definition) is 0. The van der Waals surface area contributed by atoms with Gasteiger partial charge in [0.25, 0.3) is 5.69 Å². The van der Waals surface area contributed by atoms with Gasteiger partial charge in [0.2, 0.25) is 0 Å². The highest BCUT2D eigenvalue weighted by atomic mass is 32.2. The van der Waals surface area contributed by atoms with Crippen molar-refractivity contribution in [2.24, 2.45) is 0 Å². The lowest BCUT2D eigenvalue weighted by Gasteiger charge is -2.11. The highest BCUT2D eigenvalue weighted by molar-refractivity contribution is 7.87. The first-order valence-corrected chi connectivity index (χ1v) is 7.79. The Hall–Kier alpha value is -2.62. The van der Waals surface area contributed by atoms with E-state index in [1.165, 1.54) is 19.1 Å². The van der Waals surface area contributed by atoms with Crippen LogP contribution < -0.4 is 4.18 Å². The first-order valence-electron chi connectivity index (χ1n) is 6.38. The topological polar surface area (TPSA) is 86.5 Å². The quantitative estimate of drug-likeness (QED) is 0.471. The van der Waals surface area contributed by atoms with Crippen LogP contribution in [-0.4, -0.2) is 13.3 Å². The molecule has 0 radical (unpaired) electrons. The van der Waals surface area contributed by atoms with Gasteiger partial charge in [-0.2, -0.15) is 21.6 Å². The Bertz CT molecular complexity index is 894. The van der Waals surface area contributed by atoms with Gasteiger partial charge in [-0.1, -0.05) is 18.2 Å². The van der Waals surface area contributed by atoms with Crippen LogP contribution >= 0.6 is 0 Å². The Labute approximate surface area is 134 Å². The first kappa shape index (κ1) is 17.7. The fourth-order valence-corrected chi connectivity index (χ4v) is 3.30. The maximum Gasteiger partial charge on any atom is 0.416 e. The third-order valence-electron chi connectivity index (χ3n) is 3.01. The largest absolute Gasteiger partial charge is 0.416 e. The van der Waals surface area contributed by atoms with Crippen LogP contribution in [-0.2, 0) is 16.3 Å². The third-order valence-corrected chi connectivity index (χ3v) is 4.45. The summed E-state index contributed by atoms with van der Waals surface area (Å²) in [5.74, 6) is -0.595. The van der Waals surface area contributed by atoms with Crippen molar-refractivity contribution in [3.05, 3.63) is 63.7 Å². The molecule has 10 heteroatoms. The molecule has 24 heavy (non-hydrogen) atoms. The molecule has 0 unspecified atom stereocenters. The molecule has 0 atom stereocenters. The Kier molecular flexibility index (Phi) is 4.52. The SMILES string of the molecule is Cc1cccc([N+](=O)[O-])c1S(=O)(=O)Oc1cccc(C(F)(F)F)c1. The number of benzene rings is 2. The summed E-state index contributed by atoms with van der Waals surface area (Å²) >= 11 is 0. The number of halogens is 3. The van der Waals surface area contributed by atoms with Gasteiger partial charge in [-0.05, 0) is 30.7 Å². The Morgan fingerprint density at radius 1 is 1.12 bits per heavy atom. The van der Waals surface area contributed by atoms with Gasteiger partial charge in [0.1, 0.15) is 5.75 Å². The molecule has 0 amide bonds. The van der Waals surface area contributed by atoms with Crippen LogP contribution in [0.2, 0.25) is 0 Å². The number of nitrogens with zero attached hydrogens (tertiary/aromatic N) is 1. The minimum atomic E-state index is -4.69. The highest BCUT2D eigenvalue weighted by Crippen LogP contribution is 2.33. The zero-order valence-electron chi connectivity index (χ0n) is 12.1. The molecule has 0 spiro atoms. The average molecular weight is 361 g/mol. The molecule has 0 aliphatic carbocycles.